The summed E-state index contributed by atoms with van der Waals surface area (Å²) in [6, 6.07) is 2.25. The standard InChI is InChI=1S/C14H20N2O6S/c1-4-10-5-6-11(16(19)20)8-13(10)23(21,22)15-12(14(17)18)7-9(2)3/h5-6,8-9,12,15H,4,7H2,1-3H3,(H,17,18)/t12-/m0/s1. The number of carbonyl (C=O) groups is 1. The van der Waals surface area contributed by atoms with Gasteiger partial charge in [0.15, 0.2) is 0 Å². The summed E-state index contributed by atoms with van der Waals surface area (Å²) < 4.78 is 27.1. The number of benzene rings is 1. The van der Waals surface area contributed by atoms with Gasteiger partial charge in [0.05, 0.1) is 9.82 Å². The van der Waals surface area contributed by atoms with Gasteiger partial charge in [0.1, 0.15) is 6.04 Å². The highest BCUT2D eigenvalue weighted by molar-refractivity contribution is 7.89. The molecular weight excluding hydrogens is 324 g/mol. The van der Waals surface area contributed by atoms with Gasteiger partial charge in [-0.25, -0.2) is 8.42 Å². The third-order valence-corrected chi connectivity index (χ3v) is 4.79. The van der Waals surface area contributed by atoms with E-state index in [1.54, 1.807) is 20.8 Å². The SMILES string of the molecule is CCc1ccc([N+](=O)[O-])cc1S(=O)(=O)N[C@@H](CC(C)C)C(=O)O. The molecule has 1 rings (SSSR count). The zero-order chi connectivity index (χ0) is 17.8. The molecule has 9 heteroatoms. The third kappa shape index (κ3) is 5.00. The maximum atomic E-state index is 12.5. The summed E-state index contributed by atoms with van der Waals surface area (Å²) in [6.07, 6.45) is 0.459. The van der Waals surface area contributed by atoms with Crippen molar-refractivity contribution in [3.05, 3.63) is 33.9 Å². The lowest BCUT2D eigenvalue weighted by Crippen LogP contribution is -2.41. The molecule has 8 nitrogen and oxygen atoms in total. The molecule has 1 atom stereocenters. The van der Waals surface area contributed by atoms with E-state index in [0.29, 0.717) is 12.0 Å². The van der Waals surface area contributed by atoms with E-state index in [2.05, 4.69) is 4.72 Å². The Morgan fingerprint density at radius 2 is 2.00 bits per heavy atom. The van der Waals surface area contributed by atoms with Crippen LogP contribution in [-0.4, -0.2) is 30.5 Å². The molecule has 0 spiro atoms. The minimum atomic E-state index is -4.18. The Bertz CT molecular complexity index is 699. The number of non-ortho nitro benzene ring substituents is 1. The molecule has 1 aromatic rings. The zero-order valence-corrected chi connectivity index (χ0v) is 14.0. The number of aryl methyl sites for hydroxylation is 1. The molecule has 0 aliphatic heterocycles. The molecule has 0 heterocycles. The van der Waals surface area contributed by atoms with Crippen LogP contribution in [0.15, 0.2) is 23.1 Å². The van der Waals surface area contributed by atoms with Crippen molar-refractivity contribution in [2.45, 2.75) is 44.6 Å². The molecule has 0 unspecified atom stereocenters. The molecule has 2 N–H and O–H groups in total. The number of aliphatic carboxylic acids is 1. The summed E-state index contributed by atoms with van der Waals surface area (Å²) in [7, 11) is -4.18. The lowest BCUT2D eigenvalue weighted by molar-refractivity contribution is -0.385. The lowest BCUT2D eigenvalue weighted by atomic mass is 10.1. The highest BCUT2D eigenvalue weighted by Gasteiger charge is 2.28. The minimum absolute atomic E-state index is 0.0328. The van der Waals surface area contributed by atoms with Crippen molar-refractivity contribution in [1.82, 2.24) is 4.72 Å². The summed E-state index contributed by atoms with van der Waals surface area (Å²) >= 11 is 0. The number of carboxylic acids is 1. The number of nitro benzene ring substituents is 1. The van der Waals surface area contributed by atoms with Gasteiger partial charge in [-0.1, -0.05) is 26.8 Å². The maximum Gasteiger partial charge on any atom is 0.321 e. The van der Waals surface area contributed by atoms with Gasteiger partial charge in [0.25, 0.3) is 5.69 Å². The van der Waals surface area contributed by atoms with E-state index in [-0.39, 0.29) is 22.9 Å². The molecule has 0 saturated heterocycles. The van der Waals surface area contributed by atoms with Crippen molar-refractivity contribution in [3.8, 4) is 0 Å². The van der Waals surface area contributed by atoms with Crippen LogP contribution in [0, 0.1) is 16.0 Å². The van der Waals surface area contributed by atoms with Crippen LogP contribution in [0.2, 0.25) is 0 Å². The second-order valence-electron chi connectivity index (χ2n) is 5.54. The molecule has 0 aromatic heterocycles. The first-order valence-electron chi connectivity index (χ1n) is 7.11. The number of nitrogens with one attached hydrogen (secondary N) is 1. The molecular formula is C14H20N2O6S. The Balaban J connectivity index is 3.28. The second-order valence-corrected chi connectivity index (χ2v) is 7.23. The van der Waals surface area contributed by atoms with Crippen LogP contribution in [0.1, 0.15) is 32.8 Å². The predicted molar refractivity (Wildman–Crippen MR) is 83.7 cm³/mol. The molecule has 1 aromatic carbocycles. The Labute approximate surface area is 134 Å². The van der Waals surface area contributed by atoms with Gasteiger partial charge in [-0.15, -0.1) is 0 Å². The fourth-order valence-corrected chi connectivity index (χ4v) is 3.65. The average molecular weight is 344 g/mol. The van der Waals surface area contributed by atoms with Crippen molar-refractivity contribution in [1.29, 1.82) is 0 Å². The zero-order valence-electron chi connectivity index (χ0n) is 13.1. The van der Waals surface area contributed by atoms with E-state index >= 15 is 0 Å². The van der Waals surface area contributed by atoms with Crippen molar-refractivity contribution in [2.75, 3.05) is 0 Å². The van der Waals surface area contributed by atoms with Gasteiger partial charge in [-0.3, -0.25) is 14.9 Å². The molecule has 0 aliphatic carbocycles. The second kappa shape index (κ2) is 7.51. The summed E-state index contributed by atoms with van der Waals surface area (Å²) in [6.45, 7) is 5.26. The number of nitro groups is 1. The molecule has 23 heavy (non-hydrogen) atoms. The Morgan fingerprint density at radius 1 is 1.39 bits per heavy atom. The molecule has 0 radical (unpaired) electrons. The Kier molecular flexibility index (Phi) is 6.22. The predicted octanol–water partition coefficient (Wildman–Crippen LogP) is 1.93. The number of hydrogen-bond acceptors (Lipinski definition) is 5. The largest absolute Gasteiger partial charge is 0.480 e. The van der Waals surface area contributed by atoms with Gasteiger partial charge in [-0.05, 0) is 24.3 Å². The minimum Gasteiger partial charge on any atom is -0.480 e. The van der Waals surface area contributed by atoms with Gasteiger partial charge in [0.2, 0.25) is 10.0 Å². The molecule has 0 aliphatic rings. The van der Waals surface area contributed by atoms with Gasteiger partial charge >= 0.3 is 5.97 Å². The normalized spacial score (nSPS) is 13.0. The quantitative estimate of drug-likeness (QED) is 0.548. The summed E-state index contributed by atoms with van der Waals surface area (Å²) in [5.74, 6) is -1.32. The van der Waals surface area contributed by atoms with Crippen molar-refractivity contribution in [3.63, 3.8) is 0 Å². The number of carboxylic acid groups (broad SMARTS) is 1. The van der Waals surface area contributed by atoms with E-state index in [9.17, 15) is 23.3 Å². The maximum absolute atomic E-state index is 12.5. The van der Waals surface area contributed by atoms with E-state index in [4.69, 9.17) is 5.11 Å². The van der Waals surface area contributed by atoms with Crippen molar-refractivity contribution in [2.24, 2.45) is 5.92 Å². The van der Waals surface area contributed by atoms with Gasteiger partial charge in [0, 0.05) is 12.1 Å². The molecule has 0 saturated carbocycles. The molecule has 0 amide bonds. The fraction of sp³-hybridized carbons (Fsp3) is 0.500. The number of sulfonamides is 1. The molecule has 0 bridgehead atoms. The Morgan fingerprint density at radius 3 is 2.43 bits per heavy atom. The van der Waals surface area contributed by atoms with Gasteiger partial charge < -0.3 is 5.11 Å². The van der Waals surface area contributed by atoms with Crippen LogP contribution in [-0.2, 0) is 21.2 Å². The smallest absolute Gasteiger partial charge is 0.321 e. The highest BCUT2D eigenvalue weighted by atomic mass is 32.2. The van der Waals surface area contributed by atoms with Crippen molar-refractivity contribution < 1.29 is 23.2 Å². The van der Waals surface area contributed by atoms with Crippen LogP contribution in [0.4, 0.5) is 5.69 Å². The van der Waals surface area contributed by atoms with Crippen LogP contribution in [0.25, 0.3) is 0 Å². The van der Waals surface area contributed by atoms with E-state index < -0.39 is 27.0 Å². The van der Waals surface area contributed by atoms with Crippen LogP contribution in [0.3, 0.4) is 0 Å². The summed E-state index contributed by atoms with van der Waals surface area (Å²) in [5, 5.41) is 20.0. The topological polar surface area (TPSA) is 127 Å². The first-order valence-corrected chi connectivity index (χ1v) is 8.59. The van der Waals surface area contributed by atoms with E-state index in [0.717, 1.165) is 6.07 Å². The first kappa shape index (κ1) is 19.0. The summed E-state index contributed by atoms with van der Waals surface area (Å²) in [5.41, 5.74) is 0.0232. The van der Waals surface area contributed by atoms with Gasteiger partial charge in [-0.2, -0.15) is 4.72 Å². The number of hydrogen-bond donors (Lipinski definition) is 2. The lowest BCUT2D eigenvalue weighted by Gasteiger charge is -2.17. The number of rotatable bonds is 8. The fourth-order valence-electron chi connectivity index (χ4n) is 2.12. The van der Waals surface area contributed by atoms with Crippen molar-refractivity contribution >= 4 is 21.7 Å². The average Bonchev–Trinajstić information content (AvgIpc) is 2.44. The van der Waals surface area contributed by atoms with Crippen LogP contribution in [0.5, 0.6) is 0 Å². The van der Waals surface area contributed by atoms with E-state index in [1.807, 2.05) is 0 Å². The monoisotopic (exact) mass is 344 g/mol. The molecule has 0 fully saturated rings. The van der Waals surface area contributed by atoms with Crippen LogP contribution >= 0.6 is 0 Å². The molecule has 128 valence electrons. The van der Waals surface area contributed by atoms with Crippen LogP contribution < -0.4 is 4.72 Å². The van der Waals surface area contributed by atoms with E-state index in [1.165, 1.54) is 12.1 Å². The number of nitrogens with zero attached hydrogens (tertiary/aromatic N) is 1. The first-order chi connectivity index (χ1) is 10.6. The highest BCUT2D eigenvalue weighted by Crippen LogP contribution is 2.23. The Hall–Kier alpha value is -2.00. The third-order valence-electron chi connectivity index (χ3n) is 3.23. The summed E-state index contributed by atoms with van der Waals surface area (Å²) in [4.78, 5) is 21.1.